The highest BCUT2D eigenvalue weighted by Gasteiger charge is 2.47. The molecule has 0 unspecified atom stereocenters. The third-order valence-corrected chi connectivity index (χ3v) is 9.38. The number of hydrogen-bond acceptors (Lipinski definition) is 10. The first-order valence-corrected chi connectivity index (χ1v) is 16.5. The number of aliphatic hydroxyl groups is 1. The first-order chi connectivity index (χ1) is 23.6. The van der Waals surface area contributed by atoms with E-state index in [-0.39, 0.29) is 44.1 Å². The average Bonchev–Trinajstić information content (AvgIpc) is 3.80. The van der Waals surface area contributed by atoms with Gasteiger partial charge in [0.1, 0.15) is 11.8 Å². The lowest BCUT2D eigenvalue weighted by atomic mass is 10.0. The number of carbonyl (C=O) groups is 2. The fourth-order valence-electron chi connectivity index (χ4n) is 5.76. The molecule has 0 spiro atoms. The molecule has 0 bridgehead atoms. The number of carbonyl (C=O) groups excluding carboxylic acids is 2. The molecule has 258 valence electrons. The fourth-order valence-corrected chi connectivity index (χ4v) is 6.67. The van der Waals surface area contributed by atoms with Gasteiger partial charge in [0, 0.05) is 30.8 Å². The Morgan fingerprint density at radius 1 is 0.959 bits per heavy atom. The molecule has 3 heterocycles. The minimum absolute atomic E-state index is 0.0604. The van der Waals surface area contributed by atoms with Gasteiger partial charge < -0.3 is 29.9 Å². The molecule has 16 heteroatoms. The minimum Gasteiger partial charge on any atom is -0.508 e. The molecule has 2 aliphatic rings. The predicted molar refractivity (Wildman–Crippen MR) is 169 cm³/mol. The van der Waals surface area contributed by atoms with Crippen molar-refractivity contribution in [1.82, 2.24) is 30.4 Å². The number of nitrogens with zero attached hydrogens (tertiary/aromatic N) is 5. The minimum atomic E-state index is -5.04. The van der Waals surface area contributed by atoms with E-state index in [9.17, 15) is 33.0 Å². The Morgan fingerprint density at radius 2 is 1.65 bits per heavy atom. The molecule has 2 fully saturated rings. The maximum atomic E-state index is 13.0. The highest BCUT2D eigenvalue weighted by Crippen LogP contribution is 2.39. The van der Waals surface area contributed by atoms with Crippen LogP contribution in [0.3, 0.4) is 0 Å². The van der Waals surface area contributed by atoms with Crippen LogP contribution in [0.1, 0.15) is 53.9 Å². The predicted octanol–water partition coefficient (Wildman–Crippen LogP) is 4.37. The number of thioether (sulfide) groups is 1. The van der Waals surface area contributed by atoms with Gasteiger partial charge in [0.25, 0.3) is 0 Å². The van der Waals surface area contributed by atoms with E-state index in [1.165, 1.54) is 11.8 Å². The van der Waals surface area contributed by atoms with E-state index in [4.69, 9.17) is 9.47 Å². The van der Waals surface area contributed by atoms with Crippen LogP contribution in [0, 0.1) is 0 Å². The Labute approximate surface area is 283 Å². The zero-order valence-electron chi connectivity index (χ0n) is 26.0. The molecule has 2 amide bonds. The van der Waals surface area contributed by atoms with E-state index in [1.807, 2.05) is 24.3 Å². The van der Waals surface area contributed by atoms with Crippen molar-refractivity contribution in [3.8, 4) is 11.4 Å². The number of hydrogen-bond donors (Lipinski definition) is 3. The number of ether oxygens (including phenoxy) is 2. The lowest BCUT2D eigenvalue weighted by Crippen LogP contribution is -2.50. The van der Waals surface area contributed by atoms with E-state index < -0.39 is 30.3 Å². The number of alkyl halides is 3. The van der Waals surface area contributed by atoms with Crippen molar-refractivity contribution < 1.29 is 42.4 Å². The van der Waals surface area contributed by atoms with E-state index >= 15 is 0 Å². The molecule has 0 radical (unpaired) electrons. The number of amides is 2. The SMILES string of the molecule is O=C(NCc1ccc([C@H]2O[C@@H](CSc3nnnn3-c3ccc(O)cc3)C[C@@H](c3ccc(CO)cc3)O2)cc1)[C@@H]1CCCN1C(=O)C(F)(F)F. The zero-order chi connectivity index (χ0) is 34.5. The summed E-state index contributed by atoms with van der Waals surface area (Å²) in [4.78, 5) is 25.1. The van der Waals surface area contributed by atoms with E-state index in [0.717, 1.165) is 11.1 Å². The van der Waals surface area contributed by atoms with Crippen molar-refractivity contribution in [2.75, 3.05) is 12.3 Å². The molecule has 6 rings (SSSR count). The first kappa shape index (κ1) is 34.4. The lowest BCUT2D eigenvalue weighted by molar-refractivity contribution is -0.245. The van der Waals surface area contributed by atoms with Gasteiger partial charge in [-0.25, -0.2) is 0 Å². The molecular weight excluding hydrogens is 665 g/mol. The van der Waals surface area contributed by atoms with Gasteiger partial charge >= 0.3 is 12.1 Å². The Hall–Kier alpha value is -4.51. The number of phenols is 1. The normalized spacial score (nSPS) is 21.1. The number of phenolic OH excluding ortho intramolecular Hbond substituents is 1. The molecular formula is C33H33F3N6O6S. The summed E-state index contributed by atoms with van der Waals surface area (Å²) in [6.45, 7) is -0.136. The maximum Gasteiger partial charge on any atom is 0.471 e. The highest BCUT2D eigenvalue weighted by atomic mass is 32.2. The van der Waals surface area contributed by atoms with E-state index in [0.29, 0.717) is 45.5 Å². The van der Waals surface area contributed by atoms with Crippen LogP contribution < -0.4 is 5.32 Å². The van der Waals surface area contributed by atoms with Crippen LogP contribution in [0.2, 0.25) is 0 Å². The number of halogens is 3. The van der Waals surface area contributed by atoms with Crippen molar-refractivity contribution in [3.63, 3.8) is 0 Å². The fraction of sp³-hybridized carbons (Fsp3) is 0.364. The Bertz CT molecular complexity index is 1740. The topological polar surface area (TPSA) is 152 Å². The van der Waals surface area contributed by atoms with E-state index in [2.05, 4.69) is 20.8 Å². The van der Waals surface area contributed by atoms with Gasteiger partial charge in [-0.2, -0.15) is 17.9 Å². The molecule has 1 aromatic heterocycles. The zero-order valence-corrected chi connectivity index (χ0v) is 26.8. The van der Waals surface area contributed by atoms with Crippen molar-refractivity contribution in [1.29, 1.82) is 0 Å². The number of rotatable bonds is 10. The molecule has 49 heavy (non-hydrogen) atoms. The smallest absolute Gasteiger partial charge is 0.471 e. The van der Waals surface area contributed by atoms with Gasteiger partial charge in [0.2, 0.25) is 11.1 Å². The second-order valence-corrected chi connectivity index (χ2v) is 12.7. The van der Waals surface area contributed by atoms with E-state index in [1.54, 1.807) is 53.2 Å². The molecule has 2 aliphatic heterocycles. The molecule has 2 saturated heterocycles. The Balaban J connectivity index is 1.13. The van der Waals surface area contributed by atoms with Gasteiger partial charge in [0.15, 0.2) is 6.29 Å². The number of likely N-dealkylation sites (tertiary alicyclic amines) is 1. The van der Waals surface area contributed by atoms with Gasteiger partial charge in [0.05, 0.1) is 24.5 Å². The average molecular weight is 699 g/mol. The van der Waals surface area contributed by atoms with Gasteiger partial charge in [-0.15, -0.1) is 5.10 Å². The monoisotopic (exact) mass is 698 g/mol. The van der Waals surface area contributed by atoms with Crippen LogP contribution in [0.4, 0.5) is 13.2 Å². The van der Waals surface area contributed by atoms with Crippen LogP contribution >= 0.6 is 11.8 Å². The van der Waals surface area contributed by atoms with Crippen LogP contribution in [-0.4, -0.2) is 77.8 Å². The summed E-state index contributed by atoms with van der Waals surface area (Å²) < 4.78 is 53.3. The third-order valence-electron chi connectivity index (χ3n) is 8.33. The van der Waals surface area contributed by atoms with Gasteiger partial charge in [-0.3, -0.25) is 9.59 Å². The van der Waals surface area contributed by atoms with Gasteiger partial charge in [-0.05, 0) is 64.2 Å². The Kier molecular flexibility index (Phi) is 10.5. The number of nitrogens with one attached hydrogen (secondary N) is 1. The summed E-state index contributed by atoms with van der Waals surface area (Å²) in [6.07, 6.45) is -5.40. The largest absolute Gasteiger partial charge is 0.508 e. The lowest BCUT2D eigenvalue weighted by Gasteiger charge is -2.36. The summed E-state index contributed by atoms with van der Waals surface area (Å²) in [6, 6.07) is 20.0. The third kappa shape index (κ3) is 8.21. The summed E-state index contributed by atoms with van der Waals surface area (Å²) >= 11 is 1.41. The molecule has 3 aromatic carbocycles. The van der Waals surface area contributed by atoms with Crippen LogP contribution in [0.5, 0.6) is 5.75 Å². The highest BCUT2D eigenvalue weighted by molar-refractivity contribution is 7.99. The summed E-state index contributed by atoms with van der Waals surface area (Å²) in [5.41, 5.74) is 3.79. The molecule has 0 saturated carbocycles. The second-order valence-electron chi connectivity index (χ2n) is 11.7. The van der Waals surface area contributed by atoms with Crippen LogP contribution in [0.25, 0.3) is 5.69 Å². The summed E-state index contributed by atoms with van der Waals surface area (Å²) in [5, 5.41) is 34.4. The molecule has 4 atom stereocenters. The van der Waals surface area contributed by atoms with Crippen molar-refractivity contribution >= 4 is 23.6 Å². The number of aliphatic hydroxyl groups excluding tert-OH is 1. The maximum absolute atomic E-state index is 13.0. The van der Waals surface area contributed by atoms with Crippen LogP contribution in [-0.2, 0) is 32.2 Å². The molecule has 12 nitrogen and oxygen atoms in total. The number of aromatic hydroxyl groups is 1. The van der Waals surface area contributed by atoms with Crippen LogP contribution in [0.15, 0.2) is 78.0 Å². The Morgan fingerprint density at radius 3 is 2.35 bits per heavy atom. The number of aromatic nitrogens is 4. The summed E-state index contributed by atoms with van der Waals surface area (Å²) in [7, 11) is 0. The quantitative estimate of drug-likeness (QED) is 0.204. The number of tetrazole rings is 1. The molecule has 0 aliphatic carbocycles. The molecule has 4 aromatic rings. The van der Waals surface area contributed by atoms with Gasteiger partial charge in [-0.1, -0.05) is 60.3 Å². The number of benzene rings is 3. The van der Waals surface area contributed by atoms with Crippen molar-refractivity contribution in [2.24, 2.45) is 0 Å². The van der Waals surface area contributed by atoms with Crippen molar-refractivity contribution in [3.05, 3.63) is 95.1 Å². The summed E-state index contributed by atoms with van der Waals surface area (Å²) in [5.74, 6) is -2.02. The van der Waals surface area contributed by atoms with Crippen molar-refractivity contribution in [2.45, 2.75) is 68.3 Å². The standard InChI is InChI=1S/C33H33F3N6O6S/c34-33(35,36)31(46)41-15-1-2-27(41)29(45)37-17-20-3-9-23(10-4-20)30-47-26(16-28(48-30)22-7-5-21(18-43)6-8-22)19-49-32-38-39-40-42(32)24-11-13-25(44)14-12-24/h3-14,26-28,30,43-44H,1-2,15-19H2,(H,37,45)/t26-,27+,28+,30+/m1/s1. The molecule has 3 N–H and O–H groups in total. The second kappa shape index (κ2) is 14.9. The first-order valence-electron chi connectivity index (χ1n) is 15.5.